The van der Waals surface area contributed by atoms with Crippen LogP contribution >= 0.6 is 0 Å². The van der Waals surface area contributed by atoms with Crippen LogP contribution in [0.15, 0.2) is 140 Å². The zero-order chi connectivity index (χ0) is 36.9. The van der Waals surface area contributed by atoms with E-state index in [4.69, 9.17) is 4.84 Å². The Labute approximate surface area is 310 Å². The van der Waals surface area contributed by atoms with Crippen LogP contribution in [0.3, 0.4) is 0 Å². The molecule has 0 aromatic heterocycles. The van der Waals surface area contributed by atoms with Crippen molar-refractivity contribution in [1.29, 1.82) is 0 Å². The maximum absolute atomic E-state index is 12.6. The van der Waals surface area contributed by atoms with Crippen molar-refractivity contribution < 1.29 is 24.3 Å². The zero-order valence-electron chi connectivity index (χ0n) is 29.7. The molecule has 1 aliphatic rings. The molecule has 0 fully saturated rings. The molecule has 0 aliphatic heterocycles. The SMILES string of the molecule is O=C(CCC(=O)NN(OCC1c2ccccc2-c2ccccc21)C(=O)O)NCCCCCCNC(c1ccccc1)(c1ccccc1)c1ccccc1. The monoisotopic (exact) mass is 710 g/mol. The Hall–Kier alpha value is -5.77. The topological polar surface area (TPSA) is 120 Å². The van der Waals surface area contributed by atoms with Crippen molar-refractivity contribution in [2.75, 3.05) is 19.7 Å². The molecule has 9 heteroatoms. The van der Waals surface area contributed by atoms with Crippen LogP contribution in [0.4, 0.5) is 4.79 Å². The minimum absolute atomic E-state index is 0.0190. The second kappa shape index (κ2) is 18.1. The van der Waals surface area contributed by atoms with Crippen molar-refractivity contribution in [3.05, 3.63) is 167 Å². The Bertz CT molecular complexity index is 1810. The predicted octanol–water partition coefficient (Wildman–Crippen LogP) is 7.78. The van der Waals surface area contributed by atoms with E-state index in [9.17, 15) is 19.5 Å². The van der Waals surface area contributed by atoms with Crippen LogP contribution in [0.2, 0.25) is 0 Å². The van der Waals surface area contributed by atoms with Gasteiger partial charge >= 0.3 is 6.09 Å². The lowest BCUT2D eigenvalue weighted by molar-refractivity contribution is -0.177. The normalized spacial score (nSPS) is 12.1. The van der Waals surface area contributed by atoms with E-state index in [0.29, 0.717) is 11.7 Å². The Morgan fingerprint density at radius 1 is 0.585 bits per heavy atom. The summed E-state index contributed by atoms with van der Waals surface area (Å²) in [6, 6.07) is 47.5. The fourth-order valence-electron chi connectivity index (χ4n) is 7.19. The van der Waals surface area contributed by atoms with Crippen LogP contribution in [0.5, 0.6) is 0 Å². The molecule has 0 atom stereocenters. The molecular formula is C44H46N4O5. The third-order valence-corrected chi connectivity index (χ3v) is 9.75. The van der Waals surface area contributed by atoms with Crippen LogP contribution in [0.25, 0.3) is 11.1 Å². The maximum atomic E-state index is 12.6. The third-order valence-electron chi connectivity index (χ3n) is 9.75. The highest BCUT2D eigenvalue weighted by Crippen LogP contribution is 2.44. The first-order valence-corrected chi connectivity index (χ1v) is 18.3. The second-order valence-electron chi connectivity index (χ2n) is 13.2. The van der Waals surface area contributed by atoms with Crippen molar-refractivity contribution in [3.8, 4) is 11.1 Å². The highest BCUT2D eigenvalue weighted by atomic mass is 16.7. The molecule has 3 amide bonds. The van der Waals surface area contributed by atoms with E-state index in [1.807, 2.05) is 66.7 Å². The second-order valence-corrected chi connectivity index (χ2v) is 13.2. The molecule has 4 N–H and O–H groups in total. The molecule has 6 rings (SSSR count). The quantitative estimate of drug-likeness (QED) is 0.0445. The van der Waals surface area contributed by atoms with Crippen molar-refractivity contribution in [2.45, 2.75) is 50.0 Å². The van der Waals surface area contributed by atoms with E-state index < -0.39 is 17.5 Å². The number of fused-ring (bicyclic) bond motifs is 3. The van der Waals surface area contributed by atoms with E-state index in [1.54, 1.807) is 0 Å². The molecule has 0 spiro atoms. The first kappa shape index (κ1) is 37.0. The van der Waals surface area contributed by atoms with Gasteiger partial charge in [0.2, 0.25) is 11.8 Å². The number of nitrogens with zero attached hydrogens (tertiary/aromatic N) is 1. The van der Waals surface area contributed by atoms with Crippen LogP contribution < -0.4 is 16.1 Å². The summed E-state index contributed by atoms with van der Waals surface area (Å²) in [5, 5.41) is 16.9. The molecule has 0 saturated heterocycles. The molecule has 0 bridgehead atoms. The summed E-state index contributed by atoms with van der Waals surface area (Å²) in [6.07, 6.45) is 2.01. The van der Waals surface area contributed by atoms with Crippen LogP contribution in [-0.2, 0) is 20.0 Å². The minimum atomic E-state index is -1.46. The van der Waals surface area contributed by atoms with Gasteiger partial charge < -0.3 is 10.4 Å². The highest BCUT2D eigenvalue weighted by molar-refractivity contribution is 5.84. The number of hydrogen-bond donors (Lipinski definition) is 4. The molecule has 272 valence electrons. The maximum Gasteiger partial charge on any atom is 0.451 e. The lowest BCUT2D eigenvalue weighted by atomic mass is 9.77. The van der Waals surface area contributed by atoms with E-state index in [1.165, 1.54) is 16.7 Å². The summed E-state index contributed by atoms with van der Waals surface area (Å²) in [4.78, 5) is 42.5. The number of benzene rings is 5. The van der Waals surface area contributed by atoms with E-state index in [2.05, 4.69) is 88.9 Å². The van der Waals surface area contributed by atoms with Gasteiger partial charge in [-0.05, 0) is 58.3 Å². The van der Waals surface area contributed by atoms with Gasteiger partial charge in [-0.2, -0.15) is 0 Å². The molecule has 9 nitrogen and oxygen atoms in total. The van der Waals surface area contributed by atoms with Gasteiger partial charge in [-0.25, -0.2) is 15.1 Å². The number of carbonyl (C=O) groups excluding carboxylic acids is 2. The van der Waals surface area contributed by atoms with E-state index in [-0.39, 0.29) is 31.3 Å². The van der Waals surface area contributed by atoms with Gasteiger partial charge in [0.05, 0.1) is 12.1 Å². The lowest BCUT2D eigenvalue weighted by Crippen LogP contribution is -2.46. The summed E-state index contributed by atoms with van der Waals surface area (Å²) < 4.78 is 0. The van der Waals surface area contributed by atoms with Gasteiger partial charge in [0.1, 0.15) is 0 Å². The Morgan fingerprint density at radius 3 is 1.55 bits per heavy atom. The van der Waals surface area contributed by atoms with Crippen molar-refractivity contribution >= 4 is 17.9 Å². The molecule has 0 unspecified atom stereocenters. The molecule has 5 aromatic carbocycles. The predicted molar refractivity (Wildman–Crippen MR) is 206 cm³/mol. The number of hydroxylamine groups is 1. The standard InChI is InChI=1S/C44H46N4O5/c49-41(28-29-42(50)47-48(43(51)52)53-32-40-38-26-14-12-24-36(38)37-25-13-15-27-39(37)40)45-30-16-1-2-17-31-46-44(33-18-6-3-7-19-33,34-20-8-4-9-21-34)35-22-10-5-11-23-35/h3-15,18-27,40,46H,1-2,16-17,28-32H2,(H,45,49)(H,47,50)(H,51,52). The van der Waals surface area contributed by atoms with Gasteiger partial charge in [-0.3, -0.25) is 14.9 Å². The van der Waals surface area contributed by atoms with Crippen molar-refractivity contribution in [3.63, 3.8) is 0 Å². The van der Waals surface area contributed by atoms with E-state index in [0.717, 1.165) is 54.5 Å². The molecule has 0 heterocycles. The van der Waals surface area contributed by atoms with Gasteiger partial charge in [-0.15, -0.1) is 0 Å². The smallest absolute Gasteiger partial charge is 0.451 e. The summed E-state index contributed by atoms with van der Waals surface area (Å²) in [6.45, 7) is 1.33. The lowest BCUT2D eigenvalue weighted by Gasteiger charge is -2.37. The van der Waals surface area contributed by atoms with Crippen molar-refractivity contribution in [2.24, 2.45) is 0 Å². The molecule has 5 aromatic rings. The number of carboxylic acid groups (broad SMARTS) is 1. The molecule has 0 saturated carbocycles. The van der Waals surface area contributed by atoms with Gasteiger partial charge in [0, 0.05) is 25.3 Å². The van der Waals surface area contributed by atoms with Crippen LogP contribution in [0.1, 0.15) is 72.3 Å². The van der Waals surface area contributed by atoms with Gasteiger partial charge in [0.25, 0.3) is 0 Å². The van der Waals surface area contributed by atoms with Gasteiger partial charge in [-0.1, -0.05) is 158 Å². The summed E-state index contributed by atoms with van der Waals surface area (Å²) in [5.74, 6) is -1.07. The van der Waals surface area contributed by atoms with Gasteiger partial charge in [0.15, 0.2) is 0 Å². The average molecular weight is 711 g/mol. The first-order chi connectivity index (χ1) is 26.0. The number of carbonyl (C=O) groups is 3. The van der Waals surface area contributed by atoms with E-state index >= 15 is 0 Å². The molecule has 0 radical (unpaired) electrons. The summed E-state index contributed by atoms with van der Waals surface area (Å²) in [7, 11) is 0. The fourth-order valence-corrected chi connectivity index (χ4v) is 7.19. The number of hydrazine groups is 1. The summed E-state index contributed by atoms with van der Waals surface area (Å²) >= 11 is 0. The first-order valence-electron chi connectivity index (χ1n) is 18.3. The number of amides is 3. The Morgan fingerprint density at radius 2 is 1.04 bits per heavy atom. The largest absolute Gasteiger partial charge is 0.462 e. The summed E-state index contributed by atoms with van der Waals surface area (Å²) in [5.41, 5.74) is 9.55. The highest BCUT2D eigenvalue weighted by Gasteiger charge is 2.35. The fraction of sp³-hybridized carbons (Fsp3) is 0.250. The van der Waals surface area contributed by atoms with Crippen LogP contribution in [-0.4, -0.2) is 47.9 Å². The molecular weight excluding hydrogens is 665 g/mol. The minimum Gasteiger partial charge on any atom is -0.462 e. The zero-order valence-corrected chi connectivity index (χ0v) is 29.7. The number of unbranched alkanes of at least 4 members (excludes halogenated alkanes) is 3. The molecule has 53 heavy (non-hydrogen) atoms. The Balaban J connectivity index is 0.909. The number of rotatable bonds is 17. The van der Waals surface area contributed by atoms with Crippen LogP contribution in [0, 0.1) is 0 Å². The molecule has 1 aliphatic carbocycles. The third kappa shape index (κ3) is 9.00. The number of hydrogen-bond acceptors (Lipinski definition) is 5. The Kier molecular flexibility index (Phi) is 12.7. The number of nitrogens with one attached hydrogen (secondary N) is 3. The average Bonchev–Trinajstić information content (AvgIpc) is 3.52. The van der Waals surface area contributed by atoms with Crippen molar-refractivity contribution in [1.82, 2.24) is 21.2 Å².